The summed E-state index contributed by atoms with van der Waals surface area (Å²) in [4.78, 5) is 0. The molecule has 13 heavy (non-hydrogen) atoms. The highest BCUT2D eigenvalue weighted by Crippen LogP contribution is 2.18. The van der Waals surface area contributed by atoms with Crippen LogP contribution in [0.2, 0.25) is 0 Å². The summed E-state index contributed by atoms with van der Waals surface area (Å²) < 4.78 is 0. The van der Waals surface area contributed by atoms with Gasteiger partial charge in [0.25, 0.3) is 0 Å². The van der Waals surface area contributed by atoms with Gasteiger partial charge in [-0.2, -0.15) is 0 Å². The molecule has 1 aliphatic heterocycles. The van der Waals surface area contributed by atoms with Gasteiger partial charge >= 0.3 is 0 Å². The molecular formula is C11H22N2. The Labute approximate surface area is 81.5 Å². The highest BCUT2D eigenvalue weighted by Gasteiger charge is 2.21. The molecule has 0 amide bonds. The van der Waals surface area contributed by atoms with Crippen LogP contribution < -0.4 is 10.6 Å². The van der Waals surface area contributed by atoms with E-state index in [1.807, 2.05) is 0 Å². The first kappa shape index (κ1) is 9.47. The van der Waals surface area contributed by atoms with E-state index in [2.05, 4.69) is 10.6 Å². The smallest absolute Gasteiger partial charge is 0.0192 e. The fraction of sp³-hybridized carbons (Fsp3) is 1.00. The van der Waals surface area contributed by atoms with Crippen LogP contribution in [-0.4, -0.2) is 25.2 Å². The lowest BCUT2D eigenvalue weighted by molar-refractivity contribution is 0.398. The van der Waals surface area contributed by atoms with E-state index in [1.54, 1.807) is 0 Å². The van der Waals surface area contributed by atoms with E-state index < -0.39 is 0 Å². The second-order valence-corrected chi connectivity index (χ2v) is 4.54. The average Bonchev–Trinajstić information content (AvgIpc) is 2.85. The molecule has 1 unspecified atom stereocenters. The predicted octanol–water partition coefficient (Wildman–Crippen LogP) is 1.66. The molecule has 2 nitrogen and oxygen atoms in total. The van der Waals surface area contributed by atoms with Gasteiger partial charge < -0.3 is 10.6 Å². The van der Waals surface area contributed by atoms with Gasteiger partial charge in [-0.25, -0.2) is 0 Å². The van der Waals surface area contributed by atoms with Gasteiger partial charge in [-0.1, -0.05) is 19.3 Å². The van der Waals surface area contributed by atoms with Gasteiger partial charge in [0, 0.05) is 18.6 Å². The summed E-state index contributed by atoms with van der Waals surface area (Å²) >= 11 is 0. The molecule has 1 saturated carbocycles. The first-order valence-corrected chi connectivity index (χ1v) is 5.92. The predicted molar refractivity (Wildman–Crippen MR) is 55.9 cm³/mol. The van der Waals surface area contributed by atoms with Crippen molar-refractivity contribution in [3.05, 3.63) is 0 Å². The van der Waals surface area contributed by atoms with Crippen LogP contribution in [0, 0.1) is 0 Å². The molecular weight excluding hydrogens is 160 g/mol. The molecule has 2 rings (SSSR count). The highest BCUT2D eigenvalue weighted by atomic mass is 15.0. The Bertz CT molecular complexity index is 135. The normalized spacial score (nSPS) is 30.9. The van der Waals surface area contributed by atoms with Crippen molar-refractivity contribution in [3.8, 4) is 0 Å². The van der Waals surface area contributed by atoms with Crippen LogP contribution in [-0.2, 0) is 0 Å². The summed E-state index contributed by atoms with van der Waals surface area (Å²) in [6.45, 7) is 2.43. The number of rotatable bonds is 3. The lowest BCUT2D eigenvalue weighted by atomic mass is 10.0. The molecule has 2 fully saturated rings. The standard InChI is InChI=1S/C11H22N2/c1-2-4-8-12-11(5-3-1)9-13-10-6-7-10/h10-13H,1-9H2. The summed E-state index contributed by atoms with van der Waals surface area (Å²) in [5.74, 6) is 0. The number of hydrogen-bond acceptors (Lipinski definition) is 2. The molecule has 1 atom stereocenters. The van der Waals surface area contributed by atoms with Crippen molar-refractivity contribution in [2.24, 2.45) is 0 Å². The first-order valence-electron chi connectivity index (χ1n) is 5.92. The zero-order chi connectivity index (χ0) is 8.93. The van der Waals surface area contributed by atoms with Crippen LogP contribution in [0.25, 0.3) is 0 Å². The van der Waals surface area contributed by atoms with Crippen molar-refractivity contribution in [2.45, 2.75) is 57.0 Å². The average molecular weight is 182 g/mol. The van der Waals surface area contributed by atoms with E-state index in [1.165, 1.54) is 58.0 Å². The second-order valence-electron chi connectivity index (χ2n) is 4.54. The zero-order valence-corrected chi connectivity index (χ0v) is 8.52. The van der Waals surface area contributed by atoms with Crippen molar-refractivity contribution >= 4 is 0 Å². The molecule has 2 aliphatic rings. The van der Waals surface area contributed by atoms with Gasteiger partial charge in [0.1, 0.15) is 0 Å². The lowest BCUT2D eigenvalue weighted by Gasteiger charge is -2.21. The topological polar surface area (TPSA) is 24.1 Å². The van der Waals surface area contributed by atoms with Crippen molar-refractivity contribution in [3.63, 3.8) is 0 Å². The van der Waals surface area contributed by atoms with Crippen molar-refractivity contribution < 1.29 is 0 Å². The Hall–Kier alpha value is -0.0800. The number of hydrogen-bond donors (Lipinski definition) is 2. The van der Waals surface area contributed by atoms with Crippen LogP contribution >= 0.6 is 0 Å². The van der Waals surface area contributed by atoms with Crippen LogP contribution in [0.5, 0.6) is 0 Å². The van der Waals surface area contributed by atoms with Crippen LogP contribution in [0.15, 0.2) is 0 Å². The largest absolute Gasteiger partial charge is 0.313 e. The maximum atomic E-state index is 3.64. The Morgan fingerprint density at radius 1 is 1.00 bits per heavy atom. The quantitative estimate of drug-likeness (QED) is 0.693. The summed E-state index contributed by atoms with van der Waals surface area (Å²) in [6.07, 6.45) is 9.86. The van der Waals surface area contributed by atoms with E-state index in [4.69, 9.17) is 0 Å². The molecule has 0 radical (unpaired) electrons. The minimum atomic E-state index is 0.751. The molecule has 0 bridgehead atoms. The molecule has 0 aromatic carbocycles. The lowest BCUT2D eigenvalue weighted by Crippen LogP contribution is -2.40. The highest BCUT2D eigenvalue weighted by molar-refractivity contribution is 4.83. The van der Waals surface area contributed by atoms with Crippen molar-refractivity contribution in [1.29, 1.82) is 0 Å². The Balaban J connectivity index is 1.62. The van der Waals surface area contributed by atoms with E-state index in [0.29, 0.717) is 0 Å². The molecule has 1 saturated heterocycles. The first-order chi connectivity index (χ1) is 6.45. The molecule has 0 aromatic heterocycles. The third-order valence-electron chi connectivity index (χ3n) is 3.14. The zero-order valence-electron chi connectivity index (χ0n) is 8.52. The van der Waals surface area contributed by atoms with Gasteiger partial charge in [0.15, 0.2) is 0 Å². The fourth-order valence-electron chi connectivity index (χ4n) is 2.05. The molecule has 76 valence electrons. The SMILES string of the molecule is C1CCCC(CNC2CC2)NCC1. The van der Waals surface area contributed by atoms with E-state index in [-0.39, 0.29) is 0 Å². The minimum absolute atomic E-state index is 0.751. The summed E-state index contributed by atoms with van der Waals surface area (Å²) in [7, 11) is 0. The van der Waals surface area contributed by atoms with Gasteiger partial charge in [0.2, 0.25) is 0 Å². The minimum Gasteiger partial charge on any atom is -0.313 e. The van der Waals surface area contributed by atoms with E-state index >= 15 is 0 Å². The molecule has 1 heterocycles. The summed E-state index contributed by atoms with van der Waals surface area (Å²) in [5.41, 5.74) is 0. The van der Waals surface area contributed by atoms with Crippen LogP contribution in [0.4, 0.5) is 0 Å². The van der Waals surface area contributed by atoms with Gasteiger partial charge in [-0.3, -0.25) is 0 Å². The van der Waals surface area contributed by atoms with Crippen LogP contribution in [0.3, 0.4) is 0 Å². The summed E-state index contributed by atoms with van der Waals surface area (Å²) in [6, 6.07) is 1.62. The maximum Gasteiger partial charge on any atom is 0.0192 e. The van der Waals surface area contributed by atoms with Gasteiger partial charge in [0.05, 0.1) is 0 Å². The maximum absolute atomic E-state index is 3.64. The second kappa shape index (κ2) is 4.97. The van der Waals surface area contributed by atoms with Crippen molar-refractivity contribution in [2.75, 3.05) is 13.1 Å². The van der Waals surface area contributed by atoms with E-state index in [0.717, 1.165) is 12.1 Å². The summed E-state index contributed by atoms with van der Waals surface area (Å²) in [5, 5.41) is 7.25. The fourth-order valence-corrected chi connectivity index (χ4v) is 2.05. The third-order valence-corrected chi connectivity index (χ3v) is 3.14. The molecule has 0 spiro atoms. The molecule has 1 aliphatic carbocycles. The van der Waals surface area contributed by atoms with Crippen molar-refractivity contribution in [1.82, 2.24) is 10.6 Å². The molecule has 2 heteroatoms. The molecule has 0 aromatic rings. The monoisotopic (exact) mass is 182 g/mol. The van der Waals surface area contributed by atoms with Gasteiger partial charge in [-0.05, 0) is 32.2 Å². The van der Waals surface area contributed by atoms with E-state index in [9.17, 15) is 0 Å². The number of nitrogens with one attached hydrogen (secondary N) is 2. The Morgan fingerprint density at radius 2 is 1.85 bits per heavy atom. The third kappa shape index (κ3) is 3.65. The Morgan fingerprint density at radius 3 is 2.69 bits per heavy atom. The molecule has 2 N–H and O–H groups in total. The van der Waals surface area contributed by atoms with Gasteiger partial charge in [-0.15, -0.1) is 0 Å². The Kier molecular flexibility index (Phi) is 3.62. The van der Waals surface area contributed by atoms with Crippen LogP contribution in [0.1, 0.15) is 44.9 Å².